The second-order valence-corrected chi connectivity index (χ2v) is 6.23. The van der Waals surface area contributed by atoms with Crippen molar-refractivity contribution in [3.8, 4) is 0 Å². The predicted octanol–water partition coefficient (Wildman–Crippen LogP) is 3.59. The molecule has 108 valence electrons. The van der Waals surface area contributed by atoms with Gasteiger partial charge in [0.05, 0.1) is 11.6 Å². The van der Waals surface area contributed by atoms with Gasteiger partial charge in [0.1, 0.15) is 0 Å². The van der Waals surface area contributed by atoms with E-state index < -0.39 is 5.97 Å². The van der Waals surface area contributed by atoms with Crippen molar-refractivity contribution < 1.29 is 14.7 Å². The molecule has 0 heterocycles. The van der Waals surface area contributed by atoms with Crippen LogP contribution in [0.25, 0.3) is 0 Å². The molecule has 2 rings (SSSR count). The molecule has 1 aliphatic carbocycles. The van der Waals surface area contributed by atoms with Crippen molar-refractivity contribution in [3.05, 3.63) is 28.2 Å². The number of hydrogen-bond acceptors (Lipinski definition) is 2. The van der Waals surface area contributed by atoms with Crippen molar-refractivity contribution in [2.75, 3.05) is 5.32 Å². The first-order chi connectivity index (χ1) is 9.47. The summed E-state index contributed by atoms with van der Waals surface area (Å²) in [6, 6.07) is 5.73. The molecule has 2 N–H and O–H groups in total. The number of benzene rings is 1. The van der Waals surface area contributed by atoms with Gasteiger partial charge >= 0.3 is 5.97 Å². The van der Waals surface area contributed by atoms with Gasteiger partial charge in [-0.1, -0.05) is 12.5 Å². The van der Waals surface area contributed by atoms with Gasteiger partial charge in [-0.25, -0.2) is 0 Å². The first-order valence-corrected chi connectivity index (χ1v) is 7.56. The third-order valence-corrected chi connectivity index (χ3v) is 4.43. The molecule has 0 bridgehead atoms. The van der Waals surface area contributed by atoms with Crippen LogP contribution in [0.4, 0.5) is 5.69 Å². The minimum atomic E-state index is -0.793. The van der Waals surface area contributed by atoms with Crippen LogP contribution in [-0.4, -0.2) is 17.0 Å². The quantitative estimate of drug-likeness (QED) is 0.884. The molecule has 0 aromatic heterocycles. The van der Waals surface area contributed by atoms with E-state index in [0.717, 1.165) is 28.6 Å². The van der Waals surface area contributed by atoms with Crippen LogP contribution in [0, 0.1) is 18.8 Å². The summed E-state index contributed by atoms with van der Waals surface area (Å²) in [4.78, 5) is 23.3. The van der Waals surface area contributed by atoms with Gasteiger partial charge in [0.2, 0.25) is 5.91 Å². The van der Waals surface area contributed by atoms with E-state index in [2.05, 4.69) is 21.2 Å². The predicted molar refractivity (Wildman–Crippen MR) is 80.6 cm³/mol. The zero-order chi connectivity index (χ0) is 14.7. The topological polar surface area (TPSA) is 66.4 Å². The molecule has 1 aromatic carbocycles. The lowest BCUT2D eigenvalue weighted by Gasteiger charge is -2.25. The third kappa shape index (κ3) is 3.60. The molecule has 0 radical (unpaired) electrons. The van der Waals surface area contributed by atoms with Crippen LogP contribution in [0.3, 0.4) is 0 Å². The summed E-state index contributed by atoms with van der Waals surface area (Å²) in [6.45, 7) is 1.98. The number of aryl methyl sites for hydroxylation is 1. The van der Waals surface area contributed by atoms with E-state index in [1.54, 1.807) is 0 Å². The highest BCUT2D eigenvalue weighted by molar-refractivity contribution is 9.10. The molecule has 2 atom stereocenters. The lowest BCUT2D eigenvalue weighted by atomic mass is 9.81. The molecule has 5 heteroatoms. The van der Waals surface area contributed by atoms with Crippen molar-refractivity contribution in [1.29, 1.82) is 0 Å². The average molecular weight is 340 g/mol. The lowest BCUT2D eigenvalue weighted by molar-refractivity contribution is -0.143. The van der Waals surface area contributed by atoms with Gasteiger partial charge in [0, 0.05) is 10.4 Å². The monoisotopic (exact) mass is 339 g/mol. The summed E-state index contributed by atoms with van der Waals surface area (Å²) >= 11 is 3.43. The zero-order valence-electron chi connectivity index (χ0n) is 11.4. The second-order valence-electron chi connectivity index (χ2n) is 5.37. The number of carboxylic acid groups (broad SMARTS) is 1. The molecule has 0 aliphatic heterocycles. The fourth-order valence-corrected chi connectivity index (χ4v) is 3.20. The van der Waals surface area contributed by atoms with Crippen molar-refractivity contribution in [1.82, 2.24) is 0 Å². The van der Waals surface area contributed by atoms with E-state index in [0.29, 0.717) is 12.8 Å². The highest BCUT2D eigenvalue weighted by atomic mass is 79.9. The maximum Gasteiger partial charge on any atom is 0.306 e. The summed E-state index contributed by atoms with van der Waals surface area (Å²) in [5.41, 5.74) is 1.84. The van der Waals surface area contributed by atoms with Crippen molar-refractivity contribution in [3.63, 3.8) is 0 Å². The van der Waals surface area contributed by atoms with Crippen LogP contribution in [0.5, 0.6) is 0 Å². The number of aliphatic carboxylic acids is 1. The Morgan fingerprint density at radius 1 is 1.30 bits per heavy atom. The van der Waals surface area contributed by atoms with E-state index in [-0.39, 0.29) is 17.7 Å². The maximum atomic E-state index is 12.2. The fraction of sp³-hybridized carbons (Fsp3) is 0.467. The van der Waals surface area contributed by atoms with Crippen molar-refractivity contribution in [2.45, 2.75) is 32.6 Å². The van der Waals surface area contributed by atoms with E-state index in [1.165, 1.54) is 0 Å². The molecule has 1 aromatic rings. The minimum absolute atomic E-state index is 0.0829. The molecule has 1 fully saturated rings. The Bertz CT molecular complexity index is 530. The molecule has 0 saturated heterocycles. The molecule has 1 aliphatic rings. The van der Waals surface area contributed by atoms with E-state index in [4.69, 9.17) is 5.11 Å². The smallest absolute Gasteiger partial charge is 0.306 e. The minimum Gasteiger partial charge on any atom is -0.481 e. The summed E-state index contributed by atoms with van der Waals surface area (Å²) in [6.07, 6.45) is 2.67. The van der Waals surface area contributed by atoms with Crippen LogP contribution in [0.1, 0.15) is 31.2 Å². The SMILES string of the molecule is Cc1ccc(NC(=O)C2CCCC(C(=O)O)C2)c(Br)c1. The zero-order valence-corrected chi connectivity index (χ0v) is 12.9. The number of hydrogen-bond donors (Lipinski definition) is 2. The molecular weight excluding hydrogens is 322 g/mol. The molecule has 4 nitrogen and oxygen atoms in total. The molecule has 0 spiro atoms. The van der Waals surface area contributed by atoms with Gasteiger partial charge in [-0.2, -0.15) is 0 Å². The molecule has 2 unspecified atom stereocenters. The average Bonchev–Trinajstić information content (AvgIpc) is 2.42. The van der Waals surface area contributed by atoms with Gasteiger partial charge < -0.3 is 10.4 Å². The normalized spacial score (nSPS) is 22.3. The lowest BCUT2D eigenvalue weighted by Crippen LogP contribution is -2.31. The third-order valence-electron chi connectivity index (χ3n) is 3.78. The molecule has 1 amide bonds. The van der Waals surface area contributed by atoms with E-state index in [1.807, 2.05) is 25.1 Å². The first kappa shape index (κ1) is 15.0. The van der Waals surface area contributed by atoms with Gasteiger partial charge in [0.15, 0.2) is 0 Å². The van der Waals surface area contributed by atoms with Crippen LogP contribution in [0.2, 0.25) is 0 Å². The number of carboxylic acids is 1. The number of carbonyl (C=O) groups excluding carboxylic acids is 1. The summed E-state index contributed by atoms with van der Waals surface area (Å²) in [7, 11) is 0. The van der Waals surface area contributed by atoms with Gasteiger partial charge in [-0.05, 0) is 59.8 Å². The Balaban J connectivity index is 2.02. The van der Waals surface area contributed by atoms with Gasteiger partial charge in [-0.3, -0.25) is 9.59 Å². The van der Waals surface area contributed by atoms with Gasteiger partial charge in [0.25, 0.3) is 0 Å². The van der Waals surface area contributed by atoms with Crippen molar-refractivity contribution in [2.24, 2.45) is 11.8 Å². The second kappa shape index (κ2) is 6.39. The Hall–Kier alpha value is -1.36. The summed E-state index contributed by atoms with van der Waals surface area (Å²) in [5, 5.41) is 12.0. The van der Waals surface area contributed by atoms with Crippen LogP contribution >= 0.6 is 15.9 Å². The van der Waals surface area contributed by atoms with Crippen LogP contribution in [-0.2, 0) is 9.59 Å². The Morgan fingerprint density at radius 3 is 2.65 bits per heavy atom. The Kier molecular flexibility index (Phi) is 4.81. The molecule has 1 saturated carbocycles. The van der Waals surface area contributed by atoms with E-state index >= 15 is 0 Å². The summed E-state index contributed by atoms with van der Waals surface area (Å²) in [5.74, 6) is -1.47. The number of halogens is 1. The highest BCUT2D eigenvalue weighted by Crippen LogP contribution is 2.31. The van der Waals surface area contributed by atoms with Crippen LogP contribution in [0.15, 0.2) is 22.7 Å². The maximum absolute atomic E-state index is 12.2. The largest absolute Gasteiger partial charge is 0.481 e. The number of rotatable bonds is 3. The molecule has 20 heavy (non-hydrogen) atoms. The molecular formula is C15H18BrNO3. The Labute approximate surface area is 126 Å². The van der Waals surface area contributed by atoms with Crippen molar-refractivity contribution >= 4 is 33.5 Å². The number of amides is 1. The van der Waals surface area contributed by atoms with Crippen LogP contribution < -0.4 is 5.32 Å². The number of anilines is 1. The fourth-order valence-electron chi connectivity index (χ4n) is 2.61. The standard InChI is InChI=1S/C15H18BrNO3/c1-9-5-6-13(12(16)7-9)17-14(18)10-3-2-4-11(8-10)15(19)20/h5-7,10-11H,2-4,8H2,1H3,(H,17,18)(H,19,20). The number of nitrogens with one attached hydrogen (secondary N) is 1. The number of carbonyl (C=O) groups is 2. The van der Waals surface area contributed by atoms with E-state index in [9.17, 15) is 9.59 Å². The first-order valence-electron chi connectivity index (χ1n) is 6.77. The van der Waals surface area contributed by atoms with Gasteiger partial charge in [-0.15, -0.1) is 0 Å². The summed E-state index contributed by atoms with van der Waals surface area (Å²) < 4.78 is 0.844. The highest BCUT2D eigenvalue weighted by Gasteiger charge is 2.31. The Morgan fingerprint density at radius 2 is 2.00 bits per heavy atom.